The maximum Gasteiger partial charge on any atom is 0.264 e. The van der Waals surface area contributed by atoms with E-state index in [1.807, 2.05) is 0 Å². The summed E-state index contributed by atoms with van der Waals surface area (Å²) in [6.45, 7) is 17.4. The Hall–Kier alpha value is -1.27. The van der Waals surface area contributed by atoms with Gasteiger partial charge in [0.2, 0.25) is 8.32 Å². The lowest BCUT2D eigenvalue weighted by molar-refractivity contribution is -0.193. The van der Waals surface area contributed by atoms with Gasteiger partial charge in [0.1, 0.15) is 5.75 Å². The largest absolute Gasteiger partial charge is 0.543 e. The van der Waals surface area contributed by atoms with Crippen LogP contribution in [0.2, 0.25) is 18.1 Å². The summed E-state index contributed by atoms with van der Waals surface area (Å²) in [5.41, 5.74) is 1.17. The molecule has 2 saturated heterocycles. The zero-order chi connectivity index (χ0) is 35.7. The Morgan fingerprint density at radius 1 is 1.04 bits per heavy atom. The second kappa shape index (κ2) is 18.5. The van der Waals surface area contributed by atoms with Crippen LogP contribution in [0.15, 0.2) is 36.4 Å². The van der Waals surface area contributed by atoms with E-state index in [2.05, 4.69) is 84.1 Å². The Morgan fingerprint density at radius 2 is 1.73 bits per heavy atom. The van der Waals surface area contributed by atoms with Crippen molar-refractivity contribution in [1.29, 1.82) is 0 Å². The van der Waals surface area contributed by atoms with Crippen molar-refractivity contribution in [2.24, 2.45) is 23.7 Å². The van der Waals surface area contributed by atoms with Gasteiger partial charge < -0.3 is 23.4 Å². The summed E-state index contributed by atoms with van der Waals surface area (Å²) < 4.78 is 62.1. The number of ether oxygens (including phenoxy) is 4. The molecule has 2 aliphatic heterocycles. The monoisotopic (exact) mass is 722 g/mol. The molecule has 10 heteroatoms. The van der Waals surface area contributed by atoms with Crippen molar-refractivity contribution in [3.05, 3.63) is 42.0 Å². The molecule has 8 atom stereocenters. The highest BCUT2D eigenvalue weighted by molar-refractivity contribution is 7.85. The van der Waals surface area contributed by atoms with Crippen LogP contribution in [0.3, 0.4) is 0 Å². The molecule has 3 aliphatic rings. The van der Waals surface area contributed by atoms with Crippen LogP contribution in [0.5, 0.6) is 5.75 Å². The standard InChI is InChI=1S/C39H66O8SSi/c1-9-15-29(2)24-32(45-37-18-10-12-22-42-37)20-21-34-35(26-30-16-14-17-33(25-30)47-49(7,8)39(3,4)5)31(28-44-48(6,40)41)27-36(34)46-38-19-11-13-23-43-38/h14,16-17,20-21,25,29,31-32,34-38H,9-13,15,18-19,22-24,26-28H2,1-8H3/b21-20+/t29-,31+,32+,34+,35-,36+,37?,38?/m0/s1. The summed E-state index contributed by atoms with van der Waals surface area (Å²) in [5, 5.41) is 0.0834. The minimum atomic E-state index is -3.61. The van der Waals surface area contributed by atoms with Crippen LogP contribution in [0.4, 0.5) is 0 Å². The smallest absolute Gasteiger partial charge is 0.264 e. The van der Waals surface area contributed by atoms with Gasteiger partial charge in [-0.2, -0.15) is 8.42 Å². The third kappa shape index (κ3) is 13.0. The van der Waals surface area contributed by atoms with Gasteiger partial charge in [-0.05, 0) is 111 Å². The first-order chi connectivity index (χ1) is 23.1. The van der Waals surface area contributed by atoms with Gasteiger partial charge in [-0.15, -0.1) is 0 Å². The Labute approximate surface area is 299 Å². The van der Waals surface area contributed by atoms with Gasteiger partial charge in [-0.25, -0.2) is 0 Å². The third-order valence-electron chi connectivity index (χ3n) is 11.0. The summed E-state index contributed by atoms with van der Waals surface area (Å²) >= 11 is 0. The molecule has 1 aromatic rings. The summed E-state index contributed by atoms with van der Waals surface area (Å²) in [7, 11) is -5.63. The highest BCUT2D eigenvalue weighted by Gasteiger charge is 2.45. The summed E-state index contributed by atoms with van der Waals surface area (Å²) in [6.07, 6.45) is 15.8. The average molecular weight is 723 g/mol. The van der Waals surface area contributed by atoms with Crippen LogP contribution in [0.1, 0.15) is 104 Å². The Bertz CT molecular complexity index is 1270. The van der Waals surface area contributed by atoms with Gasteiger partial charge in [0.05, 0.1) is 25.1 Å². The molecule has 3 fully saturated rings. The topological polar surface area (TPSA) is 89.5 Å². The van der Waals surface area contributed by atoms with Crippen molar-refractivity contribution in [2.45, 2.75) is 148 Å². The SMILES string of the molecule is CCC[C@H](C)C[C@@H](/C=C/[C@@H]1[C@@H](Cc2cccc(O[Si](C)(C)C(C)(C)C)c2)[C@@H](COS(C)(=O)=O)C[C@H]1OC1CCCCO1)OC1CCCCO1. The van der Waals surface area contributed by atoms with Crippen molar-refractivity contribution in [3.8, 4) is 5.75 Å². The molecule has 0 aromatic heterocycles. The highest BCUT2D eigenvalue weighted by atomic mass is 32.2. The Kier molecular flexibility index (Phi) is 15.3. The number of benzene rings is 1. The van der Waals surface area contributed by atoms with E-state index in [1.165, 1.54) is 5.56 Å². The number of rotatable bonds is 17. The van der Waals surface area contributed by atoms with Crippen LogP contribution in [0, 0.1) is 23.7 Å². The van der Waals surface area contributed by atoms with Gasteiger partial charge in [0, 0.05) is 19.1 Å². The van der Waals surface area contributed by atoms with E-state index < -0.39 is 18.4 Å². The summed E-state index contributed by atoms with van der Waals surface area (Å²) in [5.74, 6) is 1.48. The fraction of sp³-hybridized carbons (Fsp3) is 0.795. The van der Waals surface area contributed by atoms with E-state index in [9.17, 15) is 8.42 Å². The molecule has 2 heterocycles. The first kappa shape index (κ1) is 40.5. The predicted octanol–water partition coefficient (Wildman–Crippen LogP) is 9.05. The fourth-order valence-electron chi connectivity index (χ4n) is 7.26. The zero-order valence-corrected chi connectivity index (χ0v) is 33.5. The maximum atomic E-state index is 12.2. The Morgan fingerprint density at radius 3 is 2.35 bits per heavy atom. The second-order valence-corrected chi connectivity index (χ2v) is 22.8. The minimum absolute atomic E-state index is 0.0171. The van der Waals surface area contributed by atoms with E-state index in [0.29, 0.717) is 18.9 Å². The molecule has 1 aliphatic carbocycles. The van der Waals surface area contributed by atoms with Crippen molar-refractivity contribution in [1.82, 2.24) is 0 Å². The molecule has 0 radical (unpaired) electrons. The van der Waals surface area contributed by atoms with Crippen LogP contribution in [0.25, 0.3) is 0 Å². The fourth-order valence-corrected chi connectivity index (χ4v) is 8.70. The molecule has 2 unspecified atom stereocenters. The van der Waals surface area contributed by atoms with Crippen molar-refractivity contribution in [3.63, 3.8) is 0 Å². The molecule has 49 heavy (non-hydrogen) atoms. The molecule has 0 amide bonds. The molecule has 280 valence electrons. The van der Waals surface area contributed by atoms with Gasteiger partial charge in [-0.1, -0.05) is 71.7 Å². The molecule has 0 spiro atoms. The van der Waals surface area contributed by atoms with Gasteiger partial charge >= 0.3 is 0 Å². The predicted molar refractivity (Wildman–Crippen MR) is 199 cm³/mol. The molecule has 0 N–H and O–H groups in total. The molecular formula is C39H66O8SSi. The van der Waals surface area contributed by atoms with Crippen LogP contribution >= 0.6 is 0 Å². The van der Waals surface area contributed by atoms with Crippen LogP contribution in [-0.2, 0) is 39.7 Å². The molecule has 1 saturated carbocycles. The second-order valence-electron chi connectivity index (χ2n) is 16.4. The van der Waals surface area contributed by atoms with E-state index in [-0.39, 0.29) is 54.2 Å². The van der Waals surface area contributed by atoms with Crippen molar-refractivity contribution in [2.75, 3.05) is 26.1 Å². The van der Waals surface area contributed by atoms with Crippen LogP contribution < -0.4 is 4.43 Å². The van der Waals surface area contributed by atoms with E-state index in [4.69, 9.17) is 27.6 Å². The van der Waals surface area contributed by atoms with E-state index in [0.717, 1.165) is 82.8 Å². The minimum Gasteiger partial charge on any atom is -0.543 e. The lowest BCUT2D eigenvalue weighted by Gasteiger charge is -2.36. The first-order valence-electron chi connectivity index (χ1n) is 19.0. The summed E-state index contributed by atoms with van der Waals surface area (Å²) in [6, 6.07) is 8.46. The van der Waals surface area contributed by atoms with Crippen molar-refractivity contribution < 1.29 is 36.0 Å². The molecule has 4 rings (SSSR count). The lowest BCUT2D eigenvalue weighted by Crippen LogP contribution is -2.43. The Balaban J connectivity index is 1.66. The third-order valence-corrected chi connectivity index (χ3v) is 15.9. The number of hydrogen-bond acceptors (Lipinski definition) is 8. The normalized spacial score (nSPS) is 28.5. The summed E-state index contributed by atoms with van der Waals surface area (Å²) in [4.78, 5) is 0. The lowest BCUT2D eigenvalue weighted by atomic mass is 9.83. The van der Waals surface area contributed by atoms with Gasteiger partial charge in [-0.3, -0.25) is 4.18 Å². The quantitative estimate of drug-likeness (QED) is 0.0894. The highest BCUT2D eigenvalue weighted by Crippen LogP contribution is 2.44. The molecule has 8 nitrogen and oxygen atoms in total. The number of hydrogen-bond donors (Lipinski definition) is 0. The molecule has 1 aromatic carbocycles. The van der Waals surface area contributed by atoms with Gasteiger partial charge in [0.25, 0.3) is 10.1 Å². The van der Waals surface area contributed by atoms with Crippen LogP contribution in [-0.4, -0.2) is 67.6 Å². The molecular weight excluding hydrogens is 657 g/mol. The van der Waals surface area contributed by atoms with Crippen molar-refractivity contribution >= 4 is 18.4 Å². The molecule has 0 bridgehead atoms. The first-order valence-corrected chi connectivity index (χ1v) is 23.7. The van der Waals surface area contributed by atoms with E-state index in [1.54, 1.807) is 0 Å². The maximum absolute atomic E-state index is 12.2. The average Bonchev–Trinajstić information content (AvgIpc) is 3.34. The zero-order valence-electron chi connectivity index (χ0n) is 31.7. The van der Waals surface area contributed by atoms with E-state index >= 15 is 0 Å². The van der Waals surface area contributed by atoms with Gasteiger partial charge in [0.15, 0.2) is 12.6 Å².